The van der Waals surface area contributed by atoms with E-state index in [4.69, 9.17) is 9.47 Å². The summed E-state index contributed by atoms with van der Waals surface area (Å²) in [5.41, 5.74) is 1.02. The van der Waals surface area contributed by atoms with E-state index in [0.29, 0.717) is 12.0 Å². The molecule has 4 aliphatic carbocycles. The predicted molar refractivity (Wildman–Crippen MR) is 113 cm³/mol. The minimum atomic E-state index is -0.478. The third-order valence-corrected chi connectivity index (χ3v) is 8.08. The molecule has 0 spiro atoms. The fraction of sp³-hybridized carbons (Fsp3) is 0.600. The van der Waals surface area contributed by atoms with Crippen molar-refractivity contribution in [3.8, 4) is 0 Å². The SMILES string of the molecule is CC(=O)OCC(=O)C1=CC[C@@H]2[C@H]3CCC4=CC(=O)C=C[C@]4(C)[C@@H]3[C@@H](OC(C)=O)C[C@@]12C. The van der Waals surface area contributed by atoms with Gasteiger partial charge in [0, 0.05) is 36.2 Å². The Hall–Kier alpha value is -2.50. The molecule has 0 saturated heterocycles. The maximum Gasteiger partial charge on any atom is 0.303 e. The number of allylic oxidation sites excluding steroid dienone is 5. The van der Waals surface area contributed by atoms with Crippen LogP contribution in [0.25, 0.3) is 0 Å². The van der Waals surface area contributed by atoms with Crippen molar-refractivity contribution >= 4 is 23.5 Å². The van der Waals surface area contributed by atoms with Crippen LogP contribution in [0.2, 0.25) is 0 Å². The second-order valence-corrected chi connectivity index (χ2v) is 9.85. The van der Waals surface area contributed by atoms with Gasteiger partial charge in [-0.3, -0.25) is 19.2 Å². The average molecular weight is 427 g/mol. The lowest BCUT2D eigenvalue weighted by Crippen LogP contribution is -2.56. The Kier molecular flexibility index (Phi) is 5.31. The molecule has 6 heteroatoms. The topological polar surface area (TPSA) is 86.7 Å². The summed E-state index contributed by atoms with van der Waals surface area (Å²) >= 11 is 0. The van der Waals surface area contributed by atoms with Gasteiger partial charge in [-0.2, -0.15) is 0 Å². The summed E-state index contributed by atoms with van der Waals surface area (Å²) in [5.74, 6) is -0.439. The van der Waals surface area contributed by atoms with E-state index >= 15 is 0 Å². The lowest BCUT2D eigenvalue weighted by molar-refractivity contribution is -0.167. The van der Waals surface area contributed by atoms with Crippen molar-refractivity contribution in [1.82, 2.24) is 0 Å². The zero-order valence-electron chi connectivity index (χ0n) is 18.6. The molecule has 6 atom stereocenters. The molecule has 0 aromatic carbocycles. The maximum atomic E-state index is 12.9. The summed E-state index contributed by atoms with van der Waals surface area (Å²) in [6, 6.07) is 0. The molecule has 2 fully saturated rings. The number of hydrogen-bond donors (Lipinski definition) is 0. The van der Waals surface area contributed by atoms with Crippen LogP contribution in [0.4, 0.5) is 0 Å². The second kappa shape index (κ2) is 7.57. The number of ether oxygens (including phenoxy) is 2. The average Bonchev–Trinajstić information content (AvgIpc) is 3.02. The first-order valence-electron chi connectivity index (χ1n) is 11.0. The van der Waals surface area contributed by atoms with Crippen molar-refractivity contribution in [2.24, 2.45) is 28.6 Å². The molecule has 0 N–H and O–H groups in total. The van der Waals surface area contributed by atoms with Gasteiger partial charge in [-0.1, -0.05) is 31.6 Å². The first kappa shape index (κ1) is 21.7. The van der Waals surface area contributed by atoms with Crippen LogP contribution < -0.4 is 0 Å². The third-order valence-electron chi connectivity index (χ3n) is 8.08. The van der Waals surface area contributed by atoms with Gasteiger partial charge < -0.3 is 9.47 Å². The molecular formula is C25H30O6. The first-order valence-corrected chi connectivity index (χ1v) is 11.0. The molecule has 0 aromatic heterocycles. The highest BCUT2D eigenvalue weighted by Crippen LogP contribution is 2.65. The van der Waals surface area contributed by atoms with Crippen LogP contribution in [-0.2, 0) is 28.7 Å². The molecule has 0 amide bonds. The smallest absolute Gasteiger partial charge is 0.303 e. The van der Waals surface area contributed by atoms with Gasteiger partial charge in [0.2, 0.25) is 0 Å². The quantitative estimate of drug-likeness (QED) is 0.640. The van der Waals surface area contributed by atoms with Gasteiger partial charge in [0.1, 0.15) is 6.10 Å². The van der Waals surface area contributed by atoms with Gasteiger partial charge >= 0.3 is 11.9 Å². The Balaban J connectivity index is 1.70. The number of esters is 2. The lowest BCUT2D eigenvalue weighted by Gasteiger charge is -2.58. The van der Waals surface area contributed by atoms with Crippen molar-refractivity contribution in [3.05, 3.63) is 35.5 Å². The highest BCUT2D eigenvalue weighted by atomic mass is 16.5. The van der Waals surface area contributed by atoms with Crippen LogP contribution in [0.15, 0.2) is 35.5 Å². The Bertz CT molecular complexity index is 940. The van der Waals surface area contributed by atoms with Crippen LogP contribution in [0.3, 0.4) is 0 Å². The van der Waals surface area contributed by atoms with Gasteiger partial charge in [-0.05, 0) is 49.7 Å². The molecule has 4 aliphatic rings. The minimum absolute atomic E-state index is 0.0106. The number of hydrogen-bond acceptors (Lipinski definition) is 6. The molecule has 2 saturated carbocycles. The zero-order chi connectivity index (χ0) is 22.6. The van der Waals surface area contributed by atoms with Gasteiger partial charge in [0.15, 0.2) is 18.2 Å². The number of carbonyl (C=O) groups is 4. The van der Waals surface area contributed by atoms with Gasteiger partial charge in [0.25, 0.3) is 0 Å². The molecule has 0 aromatic rings. The first-order chi connectivity index (χ1) is 14.6. The predicted octanol–water partition coefficient (Wildman–Crippen LogP) is 3.50. The normalized spacial score (nSPS) is 38.3. The van der Waals surface area contributed by atoms with Crippen molar-refractivity contribution in [1.29, 1.82) is 0 Å². The van der Waals surface area contributed by atoms with Crippen molar-refractivity contribution in [2.75, 3.05) is 6.61 Å². The Morgan fingerprint density at radius 1 is 1.16 bits per heavy atom. The van der Waals surface area contributed by atoms with Crippen LogP contribution in [0.5, 0.6) is 0 Å². The molecule has 0 unspecified atom stereocenters. The van der Waals surface area contributed by atoms with Crippen LogP contribution in [0, 0.1) is 28.6 Å². The Morgan fingerprint density at radius 3 is 2.58 bits per heavy atom. The van der Waals surface area contributed by atoms with E-state index < -0.39 is 11.4 Å². The second-order valence-electron chi connectivity index (χ2n) is 9.85. The monoisotopic (exact) mass is 426 g/mol. The zero-order valence-corrected chi connectivity index (χ0v) is 18.6. The largest absolute Gasteiger partial charge is 0.462 e. The summed E-state index contributed by atoms with van der Waals surface area (Å²) in [4.78, 5) is 48.2. The molecule has 0 heterocycles. The summed E-state index contributed by atoms with van der Waals surface area (Å²) in [6.07, 6.45) is 10.0. The number of ketones is 2. The van der Waals surface area contributed by atoms with Crippen molar-refractivity contribution < 1.29 is 28.7 Å². The minimum Gasteiger partial charge on any atom is -0.462 e. The summed E-state index contributed by atoms with van der Waals surface area (Å²) in [6.45, 7) is 6.68. The third kappa shape index (κ3) is 3.50. The fourth-order valence-electron chi connectivity index (χ4n) is 6.86. The molecule has 6 nitrogen and oxygen atoms in total. The van der Waals surface area contributed by atoms with E-state index in [2.05, 4.69) is 13.8 Å². The highest BCUT2D eigenvalue weighted by Gasteiger charge is 2.61. The molecule has 0 radical (unpaired) electrons. The highest BCUT2D eigenvalue weighted by molar-refractivity contribution is 6.01. The molecular weight excluding hydrogens is 396 g/mol. The number of fused-ring (bicyclic) bond motifs is 5. The molecule has 0 aliphatic heterocycles. The van der Waals surface area contributed by atoms with E-state index in [-0.39, 0.29) is 53.4 Å². The van der Waals surface area contributed by atoms with E-state index in [9.17, 15) is 19.2 Å². The maximum absolute atomic E-state index is 12.9. The van der Waals surface area contributed by atoms with Gasteiger partial charge in [-0.25, -0.2) is 0 Å². The van der Waals surface area contributed by atoms with Gasteiger partial charge in [0.05, 0.1) is 0 Å². The molecule has 4 rings (SSSR count). The van der Waals surface area contributed by atoms with E-state index in [1.54, 1.807) is 12.2 Å². The standard InChI is InChI=1S/C25H30O6/c1-14(26)30-13-21(29)20-8-7-19-18-6-5-16-11-17(28)9-10-24(16,3)23(18)22(31-15(2)27)12-25(19,20)4/h8-11,18-19,22-23H,5-7,12-13H2,1-4H3/t18-,19-,22+,23+,24+,25-/m1/s1. The molecule has 31 heavy (non-hydrogen) atoms. The lowest BCUT2D eigenvalue weighted by atomic mass is 9.46. The summed E-state index contributed by atoms with van der Waals surface area (Å²) in [7, 11) is 0. The summed E-state index contributed by atoms with van der Waals surface area (Å²) in [5, 5.41) is 0. The molecule has 166 valence electrons. The van der Waals surface area contributed by atoms with Crippen LogP contribution >= 0.6 is 0 Å². The van der Waals surface area contributed by atoms with Crippen LogP contribution in [-0.4, -0.2) is 36.2 Å². The van der Waals surface area contributed by atoms with E-state index in [0.717, 1.165) is 24.8 Å². The van der Waals surface area contributed by atoms with E-state index in [1.807, 2.05) is 12.2 Å². The molecule has 0 bridgehead atoms. The number of Topliss-reactive ketones (excluding diaryl/α,β-unsaturated/α-hetero) is 1. The number of rotatable bonds is 4. The van der Waals surface area contributed by atoms with Crippen molar-refractivity contribution in [3.63, 3.8) is 0 Å². The Morgan fingerprint density at radius 2 is 1.90 bits per heavy atom. The van der Waals surface area contributed by atoms with Crippen molar-refractivity contribution in [2.45, 2.75) is 59.5 Å². The Labute approximate surface area is 182 Å². The van der Waals surface area contributed by atoms with E-state index in [1.165, 1.54) is 13.8 Å². The summed E-state index contributed by atoms with van der Waals surface area (Å²) < 4.78 is 10.9. The van der Waals surface area contributed by atoms with Crippen LogP contribution in [0.1, 0.15) is 53.4 Å². The van der Waals surface area contributed by atoms with Gasteiger partial charge in [-0.15, -0.1) is 0 Å². The fourth-order valence-corrected chi connectivity index (χ4v) is 6.86. The number of carbonyl (C=O) groups excluding carboxylic acids is 4.